The van der Waals surface area contributed by atoms with Crippen LogP contribution in [0.15, 0.2) is 41.6 Å². The number of imide groups is 2. The number of benzene rings is 2. The molecule has 38 heavy (non-hydrogen) atoms. The molecule has 15 heteroatoms. The van der Waals surface area contributed by atoms with Gasteiger partial charge in [0.1, 0.15) is 13.1 Å². The summed E-state index contributed by atoms with van der Waals surface area (Å²) < 4.78 is 80.7. The van der Waals surface area contributed by atoms with Crippen molar-refractivity contribution in [2.75, 3.05) is 13.1 Å². The van der Waals surface area contributed by atoms with Gasteiger partial charge in [0.25, 0.3) is 17.4 Å². The normalized spacial score (nSPS) is 20.2. The van der Waals surface area contributed by atoms with Gasteiger partial charge in [-0.3, -0.25) is 19.4 Å². The van der Waals surface area contributed by atoms with Crippen LogP contribution in [0.25, 0.3) is 0 Å². The van der Waals surface area contributed by atoms with E-state index in [1.165, 1.54) is 31.2 Å². The second-order valence-electron chi connectivity index (χ2n) is 8.59. The van der Waals surface area contributed by atoms with Crippen LogP contribution in [0.2, 0.25) is 10.0 Å². The van der Waals surface area contributed by atoms with E-state index in [2.05, 4.69) is 5.16 Å². The number of nitrogens with zero attached hydrogens (tertiary/aromatic N) is 3. The maximum Gasteiger partial charge on any atom is 0.435 e. The minimum absolute atomic E-state index is 0.0457. The van der Waals surface area contributed by atoms with Crippen LogP contribution in [0.4, 0.5) is 31.1 Å². The van der Waals surface area contributed by atoms with E-state index in [1.807, 2.05) is 0 Å². The Bertz CT molecular complexity index is 1360. The molecule has 0 N–H and O–H groups in total. The molecule has 7 nitrogen and oxygen atoms in total. The van der Waals surface area contributed by atoms with Gasteiger partial charge in [0, 0.05) is 27.6 Å². The van der Waals surface area contributed by atoms with Crippen molar-refractivity contribution in [3.8, 4) is 0 Å². The van der Waals surface area contributed by atoms with Crippen LogP contribution in [0, 0.1) is 6.92 Å². The highest BCUT2D eigenvalue weighted by Crippen LogP contribution is 2.49. The molecule has 1 fully saturated rings. The number of carbonyl (C=O) groups excluding carboxylic acids is 3. The quantitative estimate of drug-likeness (QED) is 0.335. The first-order chi connectivity index (χ1) is 17.5. The summed E-state index contributed by atoms with van der Waals surface area (Å²) in [7, 11) is 0. The van der Waals surface area contributed by atoms with Gasteiger partial charge in [0.05, 0.1) is 5.71 Å². The van der Waals surface area contributed by atoms with Crippen molar-refractivity contribution < 1.29 is 45.6 Å². The van der Waals surface area contributed by atoms with Gasteiger partial charge in [-0.25, -0.2) is 4.79 Å². The molecule has 4 amide bonds. The number of halogens is 8. The number of aryl methyl sites for hydroxylation is 1. The van der Waals surface area contributed by atoms with Crippen LogP contribution in [0.5, 0.6) is 0 Å². The number of oxime groups is 1. The van der Waals surface area contributed by atoms with E-state index < -0.39 is 55.3 Å². The molecule has 1 unspecified atom stereocenters. The first-order valence-corrected chi connectivity index (χ1v) is 11.4. The Hall–Kier alpha value is -3.32. The lowest BCUT2D eigenvalue weighted by Crippen LogP contribution is -2.42. The topological polar surface area (TPSA) is 79.3 Å². The first kappa shape index (κ1) is 27.7. The van der Waals surface area contributed by atoms with Crippen molar-refractivity contribution >= 4 is 46.8 Å². The number of hydrogen-bond donors (Lipinski definition) is 0. The third kappa shape index (κ3) is 5.04. The molecule has 2 aliphatic heterocycles. The Morgan fingerprint density at radius 2 is 1.68 bits per heavy atom. The molecule has 2 heterocycles. The van der Waals surface area contributed by atoms with E-state index in [0.29, 0.717) is 4.90 Å². The summed E-state index contributed by atoms with van der Waals surface area (Å²) in [5.41, 5.74) is -3.20. The fourth-order valence-electron chi connectivity index (χ4n) is 4.11. The van der Waals surface area contributed by atoms with Gasteiger partial charge < -0.3 is 4.84 Å². The van der Waals surface area contributed by atoms with Gasteiger partial charge in [0.15, 0.2) is 0 Å². The molecular weight excluding hydrogens is 567 g/mol. The fraction of sp³-hybridized carbons (Fsp3) is 0.304. The van der Waals surface area contributed by atoms with Crippen molar-refractivity contribution in [1.29, 1.82) is 0 Å². The first-order valence-electron chi connectivity index (χ1n) is 10.6. The van der Waals surface area contributed by atoms with Crippen molar-refractivity contribution in [3.05, 3.63) is 68.7 Å². The Morgan fingerprint density at radius 1 is 1.05 bits per heavy atom. The molecule has 0 spiro atoms. The zero-order valence-corrected chi connectivity index (χ0v) is 20.6. The third-order valence-corrected chi connectivity index (χ3v) is 6.38. The zero-order chi connectivity index (χ0) is 28.2. The molecule has 4 rings (SSSR count). The van der Waals surface area contributed by atoms with Gasteiger partial charge in [-0.1, -0.05) is 34.4 Å². The van der Waals surface area contributed by atoms with Crippen LogP contribution in [-0.2, 0) is 15.2 Å². The second-order valence-corrected chi connectivity index (χ2v) is 9.46. The highest BCUT2D eigenvalue weighted by Gasteiger charge is 2.62. The lowest BCUT2D eigenvalue weighted by Gasteiger charge is -2.29. The van der Waals surface area contributed by atoms with Crippen LogP contribution in [0.1, 0.15) is 33.5 Å². The average Bonchev–Trinajstić information content (AvgIpc) is 3.36. The number of amides is 4. The van der Waals surface area contributed by atoms with E-state index in [4.69, 9.17) is 28.0 Å². The monoisotopic (exact) mass is 581 g/mol. The van der Waals surface area contributed by atoms with Crippen LogP contribution in [0.3, 0.4) is 0 Å². The molecule has 0 saturated carbocycles. The van der Waals surface area contributed by atoms with Crippen molar-refractivity contribution in [1.82, 2.24) is 9.80 Å². The number of alkyl halides is 6. The van der Waals surface area contributed by atoms with Crippen molar-refractivity contribution in [2.24, 2.45) is 5.16 Å². The van der Waals surface area contributed by atoms with Crippen molar-refractivity contribution in [2.45, 2.75) is 31.3 Å². The third-order valence-electron chi connectivity index (χ3n) is 5.94. The summed E-state index contributed by atoms with van der Waals surface area (Å²) >= 11 is 11.8. The van der Waals surface area contributed by atoms with Crippen LogP contribution in [-0.4, -0.2) is 58.8 Å². The van der Waals surface area contributed by atoms with Crippen molar-refractivity contribution in [3.63, 3.8) is 0 Å². The fourth-order valence-corrected chi connectivity index (χ4v) is 4.63. The minimum atomic E-state index is -4.93. The molecule has 0 aliphatic carbocycles. The highest BCUT2D eigenvalue weighted by molar-refractivity contribution is 6.34. The van der Waals surface area contributed by atoms with E-state index >= 15 is 0 Å². The largest absolute Gasteiger partial charge is 0.435 e. The lowest BCUT2D eigenvalue weighted by atomic mass is 9.86. The molecule has 2 aliphatic rings. The van der Waals surface area contributed by atoms with E-state index in [9.17, 15) is 40.7 Å². The summed E-state index contributed by atoms with van der Waals surface area (Å²) in [6.07, 6.45) is -10.5. The lowest BCUT2D eigenvalue weighted by molar-refractivity contribution is -0.275. The zero-order valence-electron chi connectivity index (χ0n) is 19.1. The molecule has 0 aromatic heterocycles. The van der Waals surface area contributed by atoms with Crippen LogP contribution >= 0.6 is 23.2 Å². The maximum atomic E-state index is 14.2. The number of carbonyl (C=O) groups is 3. The van der Waals surface area contributed by atoms with Gasteiger partial charge in [-0.15, -0.1) is 0 Å². The molecule has 2 aromatic carbocycles. The van der Waals surface area contributed by atoms with Gasteiger partial charge in [0.2, 0.25) is 0 Å². The summed E-state index contributed by atoms with van der Waals surface area (Å²) in [5, 5.41) is 3.53. The summed E-state index contributed by atoms with van der Waals surface area (Å²) in [6, 6.07) is 5.67. The molecule has 0 bridgehead atoms. The van der Waals surface area contributed by atoms with E-state index in [0.717, 1.165) is 12.1 Å². The summed E-state index contributed by atoms with van der Waals surface area (Å²) in [6.45, 7) is -1.33. The SMILES string of the molecule is Cc1cc(C2=NOC(c3cc(Cl)cc(Cl)c3)(C(F)(F)F)C2)ccc1C(=O)N1CC(=O)N(CC(F)(F)F)C1=O. The van der Waals surface area contributed by atoms with E-state index in [1.54, 1.807) is 0 Å². The highest BCUT2D eigenvalue weighted by atomic mass is 35.5. The summed E-state index contributed by atoms with van der Waals surface area (Å²) in [4.78, 5) is 42.3. The smallest absolute Gasteiger partial charge is 0.374 e. The Morgan fingerprint density at radius 3 is 2.24 bits per heavy atom. The second kappa shape index (κ2) is 9.45. The summed E-state index contributed by atoms with van der Waals surface area (Å²) in [5.74, 6) is -2.24. The van der Waals surface area contributed by atoms with E-state index in [-0.39, 0.29) is 42.9 Å². The Balaban J connectivity index is 1.59. The number of urea groups is 1. The van der Waals surface area contributed by atoms with Crippen LogP contribution < -0.4 is 0 Å². The molecule has 202 valence electrons. The molecule has 1 saturated heterocycles. The molecule has 0 radical (unpaired) electrons. The van der Waals surface area contributed by atoms with Gasteiger partial charge in [-0.05, 0) is 48.4 Å². The predicted molar refractivity (Wildman–Crippen MR) is 122 cm³/mol. The standard InChI is InChI=1S/C23H15Cl2F6N3O4/c1-11-4-12(2-3-16(11)19(36)33-9-18(35)34(20(33)37)10-22(26,27)28)17-8-21(38-32-17,23(29,30)31)13-5-14(24)7-15(25)6-13/h2-7H,8-10H2,1H3. The Kier molecular flexibility index (Phi) is 6.89. The minimum Gasteiger partial charge on any atom is -0.374 e. The molecule has 2 aromatic rings. The predicted octanol–water partition coefficient (Wildman–Crippen LogP) is 5.85. The maximum absolute atomic E-state index is 14.2. The molecule has 1 atom stereocenters. The Labute approximate surface area is 220 Å². The number of rotatable bonds is 4. The average molecular weight is 582 g/mol. The molecular formula is C23H15Cl2F6N3O4. The van der Waals surface area contributed by atoms with Gasteiger partial charge >= 0.3 is 18.4 Å². The number of hydrogen-bond acceptors (Lipinski definition) is 5. The van der Waals surface area contributed by atoms with Gasteiger partial charge in [-0.2, -0.15) is 26.3 Å².